The van der Waals surface area contributed by atoms with Crippen LogP contribution in [0.4, 0.5) is 5.69 Å². The number of carbonyl (C=O) groups excluding carboxylic acids is 1. The number of anilines is 1. The molecular weight excluding hydrogens is 226 g/mol. The Morgan fingerprint density at radius 2 is 2.00 bits per heavy atom. The van der Waals surface area contributed by atoms with Crippen molar-refractivity contribution in [3.05, 3.63) is 29.8 Å². The molecule has 0 aromatic heterocycles. The van der Waals surface area contributed by atoms with Crippen LogP contribution in [0.15, 0.2) is 24.3 Å². The van der Waals surface area contributed by atoms with E-state index in [1.54, 1.807) is 0 Å². The van der Waals surface area contributed by atoms with E-state index in [1.165, 1.54) is 5.69 Å². The first-order chi connectivity index (χ1) is 8.65. The molecule has 1 aromatic carbocycles. The fourth-order valence-corrected chi connectivity index (χ4v) is 1.94. The second kappa shape index (κ2) is 5.87. The quantitative estimate of drug-likeness (QED) is 0.815. The summed E-state index contributed by atoms with van der Waals surface area (Å²) in [7, 11) is 4.03. The first kappa shape index (κ1) is 12.9. The Balaban J connectivity index is 1.76. The van der Waals surface area contributed by atoms with E-state index in [4.69, 9.17) is 0 Å². The Hall–Kier alpha value is -1.55. The fourth-order valence-electron chi connectivity index (χ4n) is 1.94. The van der Waals surface area contributed by atoms with E-state index in [0.717, 1.165) is 18.7 Å². The minimum atomic E-state index is 0.151. The predicted octanol–water partition coefficient (Wildman–Crippen LogP) is 0.978. The van der Waals surface area contributed by atoms with Crippen molar-refractivity contribution in [3.63, 3.8) is 0 Å². The molecule has 1 saturated heterocycles. The van der Waals surface area contributed by atoms with Gasteiger partial charge in [-0.25, -0.2) is 0 Å². The lowest BCUT2D eigenvalue weighted by atomic mass is 9.99. The third-order valence-electron chi connectivity index (χ3n) is 3.28. The van der Waals surface area contributed by atoms with Crippen LogP contribution >= 0.6 is 0 Å². The summed E-state index contributed by atoms with van der Waals surface area (Å²) in [5.74, 6) is 0.680. The lowest BCUT2D eigenvalue weighted by Crippen LogP contribution is -2.44. The van der Waals surface area contributed by atoms with E-state index in [2.05, 4.69) is 39.8 Å². The molecule has 0 bridgehead atoms. The van der Waals surface area contributed by atoms with Crippen LogP contribution in [-0.4, -0.2) is 33.1 Å². The highest BCUT2D eigenvalue weighted by atomic mass is 16.1. The van der Waals surface area contributed by atoms with Crippen LogP contribution in [0.25, 0.3) is 0 Å². The van der Waals surface area contributed by atoms with Gasteiger partial charge >= 0.3 is 0 Å². The number of nitrogens with zero attached hydrogens (tertiary/aromatic N) is 1. The van der Waals surface area contributed by atoms with Crippen LogP contribution in [0.5, 0.6) is 0 Å². The summed E-state index contributed by atoms with van der Waals surface area (Å²) >= 11 is 0. The van der Waals surface area contributed by atoms with Crippen LogP contribution in [-0.2, 0) is 11.3 Å². The third kappa shape index (κ3) is 3.47. The van der Waals surface area contributed by atoms with Crippen LogP contribution in [0.2, 0.25) is 0 Å². The van der Waals surface area contributed by atoms with Crippen molar-refractivity contribution in [1.29, 1.82) is 0 Å². The molecule has 1 fully saturated rings. The maximum Gasteiger partial charge on any atom is 0.220 e. The molecule has 18 heavy (non-hydrogen) atoms. The molecule has 0 spiro atoms. The van der Waals surface area contributed by atoms with E-state index >= 15 is 0 Å². The maximum absolute atomic E-state index is 11.6. The van der Waals surface area contributed by atoms with Gasteiger partial charge in [0.05, 0.1) is 0 Å². The van der Waals surface area contributed by atoms with E-state index in [0.29, 0.717) is 18.9 Å². The second-order valence-corrected chi connectivity index (χ2v) is 5.07. The van der Waals surface area contributed by atoms with Gasteiger partial charge in [0.25, 0.3) is 0 Å². The molecule has 1 amide bonds. The molecular formula is C14H21N3O. The molecule has 0 aliphatic carbocycles. The highest BCUT2D eigenvalue weighted by Crippen LogP contribution is 2.12. The standard InChI is InChI=1S/C14H21N3O/c1-17(2)13-5-3-11(4-6-13)10-16-14(18)7-12-8-15-9-12/h3-6,12,15H,7-10H2,1-2H3,(H,16,18). The minimum Gasteiger partial charge on any atom is -0.378 e. The summed E-state index contributed by atoms with van der Waals surface area (Å²) in [5, 5.41) is 6.14. The molecule has 2 rings (SSSR count). The summed E-state index contributed by atoms with van der Waals surface area (Å²) < 4.78 is 0. The number of amides is 1. The SMILES string of the molecule is CN(C)c1ccc(CNC(=O)CC2CNC2)cc1. The Morgan fingerprint density at radius 3 is 2.50 bits per heavy atom. The molecule has 0 saturated carbocycles. The molecule has 4 heteroatoms. The summed E-state index contributed by atoms with van der Waals surface area (Å²) in [5.41, 5.74) is 2.31. The number of carbonyl (C=O) groups is 1. The van der Waals surface area contributed by atoms with Crippen molar-refractivity contribution in [2.24, 2.45) is 5.92 Å². The smallest absolute Gasteiger partial charge is 0.220 e. The van der Waals surface area contributed by atoms with Crippen molar-refractivity contribution >= 4 is 11.6 Å². The van der Waals surface area contributed by atoms with Gasteiger partial charge in [-0.3, -0.25) is 4.79 Å². The first-order valence-electron chi connectivity index (χ1n) is 6.39. The van der Waals surface area contributed by atoms with E-state index in [1.807, 2.05) is 14.1 Å². The lowest BCUT2D eigenvalue weighted by Gasteiger charge is -2.26. The van der Waals surface area contributed by atoms with Crippen molar-refractivity contribution in [2.75, 3.05) is 32.1 Å². The Labute approximate surface area is 108 Å². The zero-order chi connectivity index (χ0) is 13.0. The average Bonchev–Trinajstić information content (AvgIpc) is 2.32. The monoisotopic (exact) mass is 247 g/mol. The third-order valence-corrected chi connectivity index (χ3v) is 3.28. The van der Waals surface area contributed by atoms with Gasteiger partial charge in [0, 0.05) is 32.7 Å². The highest BCUT2D eigenvalue weighted by molar-refractivity contribution is 5.76. The van der Waals surface area contributed by atoms with Crippen LogP contribution < -0.4 is 15.5 Å². The maximum atomic E-state index is 11.6. The highest BCUT2D eigenvalue weighted by Gasteiger charge is 2.19. The van der Waals surface area contributed by atoms with Crippen LogP contribution in [0.3, 0.4) is 0 Å². The molecule has 1 aliphatic heterocycles. The van der Waals surface area contributed by atoms with E-state index < -0.39 is 0 Å². The Kier molecular flexibility index (Phi) is 4.20. The van der Waals surface area contributed by atoms with Gasteiger partial charge in [-0.15, -0.1) is 0 Å². The Morgan fingerprint density at radius 1 is 1.33 bits per heavy atom. The van der Waals surface area contributed by atoms with E-state index in [-0.39, 0.29) is 5.91 Å². The summed E-state index contributed by atoms with van der Waals surface area (Å²) in [6.07, 6.45) is 0.642. The van der Waals surface area contributed by atoms with Crippen LogP contribution in [0.1, 0.15) is 12.0 Å². The van der Waals surface area contributed by atoms with Crippen molar-refractivity contribution in [1.82, 2.24) is 10.6 Å². The molecule has 98 valence electrons. The van der Waals surface area contributed by atoms with Crippen molar-refractivity contribution in [3.8, 4) is 0 Å². The molecule has 0 unspecified atom stereocenters. The van der Waals surface area contributed by atoms with Gasteiger partial charge in [-0.05, 0) is 36.7 Å². The Bertz CT molecular complexity index is 396. The number of rotatable bonds is 5. The number of benzene rings is 1. The summed E-state index contributed by atoms with van der Waals surface area (Å²) in [4.78, 5) is 13.7. The predicted molar refractivity (Wildman–Crippen MR) is 73.6 cm³/mol. The van der Waals surface area contributed by atoms with Gasteiger partial charge in [0.2, 0.25) is 5.91 Å². The zero-order valence-electron chi connectivity index (χ0n) is 11.1. The van der Waals surface area contributed by atoms with Gasteiger partial charge in [0.15, 0.2) is 0 Å². The first-order valence-corrected chi connectivity index (χ1v) is 6.39. The molecule has 1 heterocycles. The van der Waals surface area contributed by atoms with Gasteiger partial charge in [-0.1, -0.05) is 12.1 Å². The number of hydrogen-bond donors (Lipinski definition) is 2. The van der Waals surface area contributed by atoms with Crippen LogP contribution in [0, 0.1) is 5.92 Å². The number of nitrogens with one attached hydrogen (secondary N) is 2. The molecule has 2 N–H and O–H groups in total. The number of hydrogen-bond acceptors (Lipinski definition) is 3. The van der Waals surface area contributed by atoms with Gasteiger partial charge in [-0.2, -0.15) is 0 Å². The summed E-state index contributed by atoms with van der Waals surface area (Å²) in [6, 6.07) is 8.25. The largest absolute Gasteiger partial charge is 0.378 e. The van der Waals surface area contributed by atoms with Gasteiger partial charge in [0.1, 0.15) is 0 Å². The molecule has 1 aromatic rings. The second-order valence-electron chi connectivity index (χ2n) is 5.07. The molecule has 4 nitrogen and oxygen atoms in total. The van der Waals surface area contributed by atoms with Gasteiger partial charge < -0.3 is 15.5 Å². The van der Waals surface area contributed by atoms with E-state index in [9.17, 15) is 4.79 Å². The van der Waals surface area contributed by atoms with Crippen molar-refractivity contribution in [2.45, 2.75) is 13.0 Å². The minimum absolute atomic E-state index is 0.151. The normalized spacial score (nSPS) is 15.0. The lowest BCUT2D eigenvalue weighted by molar-refractivity contribution is -0.122. The van der Waals surface area contributed by atoms with Crippen molar-refractivity contribution < 1.29 is 4.79 Å². The fraction of sp³-hybridized carbons (Fsp3) is 0.500. The molecule has 1 aliphatic rings. The topological polar surface area (TPSA) is 44.4 Å². The zero-order valence-corrected chi connectivity index (χ0v) is 11.1. The molecule has 0 radical (unpaired) electrons. The summed E-state index contributed by atoms with van der Waals surface area (Å²) in [6.45, 7) is 2.57. The molecule has 0 atom stereocenters. The average molecular weight is 247 g/mol.